The highest BCUT2D eigenvalue weighted by atomic mass is 32.1. The molecule has 7 nitrogen and oxygen atoms in total. The molecule has 0 atom stereocenters. The predicted octanol–water partition coefficient (Wildman–Crippen LogP) is 3.70. The lowest BCUT2D eigenvalue weighted by Gasteiger charge is -2.29. The summed E-state index contributed by atoms with van der Waals surface area (Å²) in [6, 6.07) is 12.0. The zero-order chi connectivity index (χ0) is 17.9. The summed E-state index contributed by atoms with van der Waals surface area (Å²) in [6.45, 7) is 5.86. The summed E-state index contributed by atoms with van der Waals surface area (Å²) in [5.41, 5.74) is 3.80. The number of nitriles is 1. The molecule has 0 bridgehead atoms. The van der Waals surface area contributed by atoms with Gasteiger partial charge in [0.2, 0.25) is 0 Å². The van der Waals surface area contributed by atoms with Crippen molar-refractivity contribution in [1.29, 1.82) is 5.26 Å². The smallest absolute Gasteiger partial charge is 0.175 e. The van der Waals surface area contributed by atoms with Crippen molar-refractivity contribution in [3.05, 3.63) is 41.6 Å². The Morgan fingerprint density at radius 3 is 2.69 bits per heavy atom. The Bertz CT molecular complexity index is 995. The monoisotopic (exact) mass is 363 g/mol. The lowest BCUT2D eigenvalue weighted by atomic mass is 10.2. The molecule has 0 aliphatic carbocycles. The van der Waals surface area contributed by atoms with E-state index >= 15 is 0 Å². The summed E-state index contributed by atoms with van der Waals surface area (Å²) >= 11 is 1.24. The van der Waals surface area contributed by atoms with E-state index in [1.807, 2.05) is 12.1 Å². The number of pyridine rings is 1. The number of azo groups is 1. The van der Waals surface area contributed by atoms with Gasteiger partial charge in [0.25, 0.3) is 0 Å². The minimum atomic E-state index is 0.537. The van der Waals surface area contributed by atoms with E-state index in [1.165, 1.54) is 17.2 Å². The van der Waals surface area contributed by atoms with Crippen LogP contribution in [0.3, 0.4) is 0 Å². The first kappa shape index (κ1) is 16.6. The molecule has 0 amide bonds. The Labute approximate surface area is 155 Å². The van der Waals surface area contributed by atoms with E-state index in [0.29, 0.717) is 21.9 Å². The fraction of sp³-hybridized carbons (Fsp3) is 0.278. The van der Waals surface area contributed by atoms with Gasteiger partial charge in [-0.3, -0.25) is 0 Å². The van der Waals surface area contributed by atoms with Crippen LogP contribution in [0, 0.1) is 18.3 Å². The first-order chi connectivity index (χ1) is 12.7. The van der Waals surface area contributed by atoms with E-state index in [-0.39, 0.29) is 0 Å². The Morgan fingerprint density at radius 1 is 1.19 bits per heavy atom. The molecule has 4 rings (SSSR count). The number of fused-ring (bicyclic) bond motifs is 1. The third-order valence-corrected chi connectivity index (χ3v) is 5.09. The SMILES string of the molecule is Cc1nc2nsc(N=Nc3ccc(N4CCNCC4)cc3)c2cc1C#N. The van der Waals surface area contributed by atoms with Gasteiger partial charge in [-0.1, -0.05) is 0 Å². The van der Waals surface area contributed by atoms with E-state index in [9.17, 15) is 5.26 Å². The molecular weight excluding hydrogens is 346 g/mol. The highest BCUT2D eigenvalue weighted by molar-refractivity contribution is 7.11. The summed E-state index contributed by atoms with van der Waals surface area (Å²) < 4.78 is 4.30. The lowest BCUT2D eigenvalue weighted by Crippen LogP contribution is -2.43. The number of hydrogen-bond donors (Lipinski definition) is 1. The van der Waals surface area contributed by atoms with Crippen molar-refractivity contribution in [1.82, 2.24) is 14.7 Å². The summed E-state index contributed by atoms with van der Waals surface area (Å²) in [6.07, 6.45) is 0. The van der Waals surface area contributed by atoms with Gasteiger partial charge in [0.15, 0.2) is 10.6 Å². The number of nitrogens with zero attached hydrogens (tertiary/aromatic N) is 6. The van der Waals surface area contributed by atoms with Crippen LogP contribution >= 0.6 is 11.5 Å². The van der Waals surface area contributed by atoms with Crippen LogP contribution in [0.1, 0.15) is 11.3 Å². The van der Waals surface area contributed by atoms with Gasteiger partial charge in [-0.2, -0.15) is 9.64 Å². The number of piperazine rings is 1. The average molecular weight is 363 g/mol. The molecule has 1 aromatic carbocycles. The minimum absolute atomic E-state index is 0.537. The maximum atomic E-state index is 9.18. The number of benzene rings is 1. The summed E-state index contributed by atoms with van der Waals surface area (Å²) in [7, 11) is 0. The molecule has 1 fully saturated rings. The molecule has 8 heteroatoms. The molecule has 3 aromatic rings. The number of hydrogen-bond acceptors (Lipinski definition) is 8. The molecule has 130 valence electrons. The molecule has 2 aromatic heterocycles. The Kier molecular flexibility index (Phi) is 4.56. The van der Waals surface area contributed by atoms with Crippen molar-refractivity contribution in [2.24, 2.45) is 10.2 Å². The lowest BCUT2D eigenvalue weighted by molar-refractivity contribution is 0.589. The standard InChI is InChI=1S/C18H17N7S/c1-12-13(11-19)10-16-17(21-12)24-26-18(16)23-22-14-2-4-15(5-3-14)25-8-6-20-7-9-25/h2-5,10,20H,6-9H2,1H3. The maximum absolute atomic E-state index is 9.18. The fourth-order valence-electron chi connectivity index (χ4n) is 2.90. The van der Waals surface area contributed by atoms with Crippen molar-refractivity contribution in [2.45, 2.75) is 6.92 Å². The van der Waals surface area contributed by atoms with Gasteiger partial charge in [-0.15, -0.1) is 10.2 Å². The Hall–Kier alpha value is -2.89. The Morgan fingerprint density at radius 2 is 1.96 bits per heavy atom. The second-order valence-electron chi connectivity index (χ2n) is 6.05. The third-order valence-electron chi connectivity index (χ3n) is 4.35. The van der Waals surface area contributed by atoms with Crippen molar-refractivity contribution >= 4 is 38.9 Å². The van der Waals surface area contributed by atoms with Gasteiger partial charge < -0.3 is 10.2 Å². The summed E-state index contributed by atoms with van der Waals surface area (Å²) in [5.74, 6) is 0. The quantitative estimate of drug-likeness (QED) is 0.717. The largest absolute Gasteiger partial charge is 0.369 e. The molecule has 0 saturated carbocycles. The van der Waals surface area contributed by atoms with Crippen molar-refractivity contribution in [3.63, 3.8) is 0 Å². The van der Waals surface area contributed by atoms with E-state index in [2.05, 4.69) is 48.0 Å². The van der Waals surface area contributed by atoms with Crippen LogP contribution in [0.2, 0.25) is 0 Å². The van der Waals surface area contributed by atoms with Gasteiger partial charge in [0, 0.05) is 31.9 Å². The summed E-state index contributed by atoms with van der Waals surface area (Å²) in [4.78, 5) is 6.70. The molecule has 0 unspecified atom stereocenters. The van der Waals surface area contributed by atoms with Gasteiger partial charge >= 0.3 is 0 Å². The molecule has 1 N–H and O–H groups in total. The molecule has 0 spiro atoms. The normalized spacial score (nSPS) is 14.8. The van der Waals surface area contributed by atoms with Crippen LogP contribution in [0.15, 0.2) is 40.6 Å². The number of anilines is 1. The van der Waals surface area contributed by atoms with Crippen LogP contribution in [0.25, 0.3) is 11.0 Å². The average Bonchev–Trinajstić information content (AvgIpc) is 3.08. The van der Waals surface area contributed by atoms with E-state index < -0.39 is 0 Å². The number of aromatic nitrogens is 2. The maximum Gasteiger partial charge on any atom is 0.175 e. The van der Waals surface area contributed by atoms with E-state index in [1.54, 1.807) is 13.0 Å². The zero-order valence-electron chi connectivity index (χ0n) is 14.3. The minimum Gasteiger partial charge on any atom is -0.369 e. The second kappa shape index (κ2) is 7.15. The van der Waals surface area contributed by atoms with Crippen molar-refractivity contribution < 1.29 is 0 Å². The van der Waals surface area contributed by atoms with Crippen molar-refractivity contribution in [3.8, 4) is 6.07 Å². The van der Waals surface area contributed by atoms with Crippen LogP contribution in [0.4, 0.5) is 16.4 Å². The van der Waals surface area contributed by atoms with Gasteiger partial charge in [0.1, 0.15) is 6.07 Å². The second-order valence-corrected chi connectivity index (χ2v) is 6.80. The predicted molar refractivity (Wildman–Crippen MR) is 103 cm³/mol. The molecule has 1 saturated heterocycles. The first-order valence-electron chi connectivity index (χ1n) is 8.39. The molecule has 1 aliphatic rings. The topological polar surface area (TPSA) is 89.6 Å². The van der Waals surface area contributed by atoms with E-state index in [4.69, 9.17) is 0 Å². The summed E-state index contributed by atoms with van der Waals surface area (Å²) in [5, 5.41) is 22.6. The van der Waals surface area contributed by atoms with Crippen molar-refractivity contribution in [2.75, 3.05) is 31.1 Å². The van der Waals surface area contributed by atoms with Gasteiger partial charge in [-0.25, -0.2) is 4.98 Å². The van der Waals surface area contributed by atoms with Crippen LogP contribution in [0.5, 0.6) is 0 Å². The van der Waals surface area contributed by atoms with Crippen LogP contribution in [-0.2, 0) is 0 Å². The number of nitrogens with one attached hydrogen (secondary N) is 1. The number of aryl methyl sites for hydroxylation is 1. The molecule has 3 heterocycles. The third kappa shape index (κ3) is 3.27. The van der Waals surface area contributed by atoms with Gasteiger partial charge in [-0.05, 0) is 48.8 Å². The first-order valence-corrected chi connectivity index (χ1v) is 9.16. The highest BCUT2D eigenvalue weighted by Crippen LogP contribution is 2.32. The van der Waals surface area contributed by atoms with Crippen LogP contribution < -0.4 is 10.2 Å². The van der Waals surface area contributed by atoms with Gasteiger partial charge in [0.05, 0.1) is 22.3 Å². The number of rotatable bonds is 3. The molecule has 0 radical (unpaired) electrons. The molecule has 26 heavy (non-hydrogen) atoms. The Balaban J connectivity index is 1.56. The highest BCUT2D eigenvalue weighted by Gasteiger charge is 2.11. The van der Waals surface area contributed by atoms with E-state index in [0.717, 1.165) is 37.3 Å². The van der Waals surface area contributed by atoms with Crippen LogP contribution in [-0.4, -0.2) is 35.5 Å². The zero-order valence-corrected chi connectivity index (χ0v) is 15.1. The fourth-order valence-corrected chi connectivity index (χ4v) is 3.53. The molecular formula is C18H17N7S. The molecule has 1 aliphatic heterocycles.